The van der Waals surface area contributed by atoms with E-state index in [4.69, 9.17) is 14.6 Å². The number of nitrogens with one attached hydrogen (secondary N) is 1. The lowest BCUT2D eigenvalue weighted by molar-refractivity contribution is -0.139. The Kier molecular flexibility index (Phi) is 8.34. The standard InChI is InChI=1S/C23H21FN2O5/c1-3-5-16-10-15(12-20(30-4-2)22(16)31-14-21(27)28)11-17(13-25)23(29)26-19-8-6-18(24)7-9-19/h3,6-12H,1,4-5,14H2,2H3,(H,26,29)(H,27,28)/b17-11+. The van der Waals surface area contributed by atoms with E-state index in [9.17, 15) is 19.2 Å². The average Bonchev–Trinajstić information content (AvgIpc) is 2.73. The van der Waals surface area contributed by atoms with Crippen molar-refractivity contribution in [2.45, 2.75) is 13.3 Å². The van der Waals surface area contributed by atoms with Gasteiger partial charge in [-0.2, -0.15) is 5.26 Å². The Morgan fingerprint density at radius 3 is 2.55 bits per heavy atom. The van der Waals surface area contributed by atoms with E-state index in [-0.39, 0.29) is 17.1 Å². The molecule has 0 aromatic heterocycles. The van der Waals surface area contributed by atoms with Gasteiger partial charge in [0.1, 0.15) is 17.5 Å². The van der Waals surface area contributed by atoms with Gasteiger partial charge in [-0.05, 0) is 61.4 Å². The number of hydrogen-bond donors (Lipinski definition) is 2. The van der Waals surface area contributed by atoms with Gasteiger partial charge < -0.3 is 19.9 Å². The third kappa shape index (κ3) is 6.72. The van der Waals surface area contributed by atoms with Crippen molar-refractivity contribution in [2.75, 3.05) is 18.5 Å². The van der Waals surface area contributed by atoms with Crippen molar-refractivity contribution in [3.05, 3.63) is 71.6 Å². The monoisotopic (exact) mass is 424 g/mol. The summed E-state index contributed by atoms with van der Waals surface area (Å²) in [4.78, 5) is 23.4. The number of carboxylic acid groups (broad SMARTS) is 1. The first-order chi connectivity index (χ1) is 14.9. The van der Waals surface area contributed by atoms with E-state index in [1.807, 2.05) is 6.07 Å². The molecule has 0 aliphatic heterocycles. The van der Waals surface area contributed by atoms with Gasteiger partial charge in [-0.1, -0.05) is 6.08 Å². The Morgan fingerprint density at radius 1 is 1.26 bits per heavy atom. The molecule has 2 aromatic rings. The summed E-state index contributed by atoms with van der Waals surface area (Å²) in [6.07, 6.45) is 3.33. The minimum absolute atomic E-state index is 0.185. The van der Waals surface area contributed by atoms with Crippen LogP contribution in [0.5, 0.6) is 11.5 Å². The van der Waals surface area contributed by atoms with Gasteiger partial charge in [-0.25, -0.2) is 9.18 Å². The predicted octanol–water partition coefficient (Wildman–Crippen LogP) is 3.96. The van der Waals surface area contributed by atoms with E-state index in [0.717, 1.165) is 0 Å². The summed E-state index contributed by atoms with van der Waals surface area (Å²) < 4.78 is 24.0. The number of nitriles is 1. The molecule has 1 amide bonds. The van der Waals surface area contributed by atoms with Crippen molar-refractivity contribution in [3.8, 4) is 17.6 Å². The van der Waals surface area contributed by atoms with Crippen LogP contribution in [0.2, 0.25) is 0 Å². The molecule has 0 aliphatic rings. The van der Waals surface area contributed by atoms with Gasteiger partial charge >= 0.3 is 5.97 Å². The molecule has 0 spiro atoms. The molecule has 0 bridgehead atoms. The minimum Gasteiger partial charge on any atom is -0.490 e. The predicted molar refractivity (Wildman–Crippen MR) is 113 cm³/mol. The topological polar surface area (TPSA) is 109 Å². The first-order valence-corrected chi connectivity index (χ1v) is 9.31. The molecule has 0 aliphatic carbocycles. The van der Waals surface area contributed by atoms with E-state index < -0.39 is 24.3 Å². The molecule has 0 fully saturated rings. The molecule has 0 atom stereocenters. The van der Waals surface area contributed by atoms with Gasteiger partial charge in [0.15, 0.2) is 18.1 Å². The van der Waals surface area contributed by atoms with Crippen LogP contribution in [0.15, 0.2) is 54.6 Å². The highest BCUT2D eigenvalue weighted by molar-refractivity contribution is 6.09. The number of carbonyl (C=O) groups is 2. The zero-order valence-corrected chi connectivity index (χ0v) is 16.9. The summed E-state index contributed by atoms with van der Waals surface area (Å²) in [6, 6.07) is 10.2. The first-order valence-electron chi connectivity index (χ1n) is 9.31. The molecular weight excluding hydrogens is 403 g/mol. The van der Waals surface area contributed by atoms with Gasteiger partial charge in [0.2, 0.25) is 0 Å². The maximum Gasteiger partial charge on any atom is 0.341 e. The smallest absolute Gasteiger partial charge is 0.341 e. The minimum atomic E-state index is -1.14. The lowest BCUT2D eigenvalue weighted by Crippen LogP contribution is -2.13. The van der Waals surface area contributed by atoms with Crippen LogP contribution < -0.4 is 14.8 Å². The molecule has 0 saturated heterocycles. The summed E-state index contributed by atoms with van der Waals surface area (Å²) in [7, 11) is 0. The maximum atomic E-state index is 13.0. The quantitative estimate of drug-likeness (QED) is 0.339. The van der Waals surface area contributed by atoms with Crippen molar-refractivity contribution in [1.29, 1.82) is 5.26 Å². The first kappa shape index (κ1) is 23.2. The van der Waals surface area contributed by atoms with E-state index in [2.05, 4.69) is 11.9 Å². The van der Waals surface area contributed by atoms with Crippen LogP contribution in [0.25, 0.3) is 6.08 Å². The molecule has 0 saturated carbocycles. The number of rotatable bonds is 10. The van der Waals surface area contributed by atoms with Crippen molar-refractivity contribution < 1.29 is 28.6 Å². The number of carbonyl (C=O) groups excluding carboxylic acids is 1. The number of carboxylic acids is 1. The van der Waals surface area contributed by atoms with E-state index in [1.165, 1.54) is 30.3 Å². The Hall–Kier alpha value is -4.12. The number of hydrogen-bond acceptors (Lipinski definition) is 5. The SMILES string of the molecule is C=CCc1cc(/C=C(\C#N)C(=O)Nc2ccc(F)cc2)cc(OCC)c1OCC(=O)O. The number of amides is 1. The Morgan fingerprint density at radius 2 is 1.97 bits per heavy atom. The van der Waals surface area contributed by atoms with Crippen LogP contribution >= 0.6 is 0 Å². The number of benzene rings is 2. The molecule has 0 radical (unpaired) electrons. The van der Waals surface area contributed by atoms with Crippen molar-refractivity contribution >= 4 is 23.6 Å². The average molecular weight is 424 g/mol. The van der Waals surface area contributed by atoms with E-state index in [0.29, 0.717) is 29.8 Å². The van der Waals surface area contributed by atoms with Gasteiger partial charge in [0.25, 0.3) is 5.91 Å². The van der Waals surface area contributed by atoms with Crippen LogP contribution in [0.3, 0.4) is 0 Å². The van der Waals surface area contributed by atoms with Gasteiger partial charge in [0.05, 0.1) is 6.61 Å². The normalized spacial score (nSPS) is 10.7. The van der Waals surface area contributed by atoms with Crippen LogP contribution in [0, 0.1) is 17.1 Å². The molecule has 7 nitrogen and oxygen atoms in total. The molecule has 160 valence electrons. The third-order valence-corrected chi connectivity index (χ3v) is 3.94. The number of ether oxygens (including phenoxy) is 2. The second kappa shape index (κ2) is 11.2. The largest absolute Gasteiger partial charge is 0.490 e. The molecule has 2 aromatic carbocycles. The Labute approximate surface area is 179 Å². The summed E-state index contributed by atoms with van der Waals surface area (Å²) in [5.74, 6) is -1.71. The summed E-state index contributed by atoms with van der Waals surface area (Å²) in [5, 5.41) is 20.9. The summed E-state index contributed by atoms with van der Waals surface area (Å²) >= 11 is 0. The maximum absolute atomic E-state index is 13.0. The second-order valence-corrected chi connectivity index (χ2v) is 6.25. The number of nitrogens with zero attached hydrogens (tertiary/aromatic N) is 1. The van der Waals surface area contributed by atoms with Gasteiger partial charge in [-0.3, -0.25) is 4.79 Å². The highest BCUT2D eigenvalue weighted by Crippen LogP contribution is 2.34. The molecule has 0 heterocycles. The zero-order chi connectivity index (χ0) is 22.8. The van der Waals surface area contributed by atoms with Crippen molar-refractivity contribution in [3.63, 3.8) is 0 Å². The van der Waals surface area contributed by atoms with Gasteiger partial charge in [-0.15, -0.1) is 6.58 Å². The number of aliphatic carboxylic acids is 1. The van der Waals surface area contributed by atoms with E-state index >= 15 is 0 Å². The van der Waals surface area contributed by atoms with Crippen LogP contribution in [-0.2, 0) is 16.0 Å². The third-order valence-electron chi connectivity index (χ3n) is 3.94. The van der Waals surface area contributed by atoms with Crippen LogP contribution in [0.4, 0.5) is 10.1 Å². The fourth-order valence-electron chi connectivity index (χ4n) is 2.68. The summed E-state index contributed by atoms with van der Waals surface area (Å²) in [6.45, 7) is 5.18. The van der Waals surface area contributed by atoms with Gasteiger partial charge in [0, 0.05) is 11.3 Å². The molecule has 2 N–H and O–H groups in total. The molecule has 0 unspecified atom stereocenters. The summed E-state index contributed by atoms with van der Waals surface area (Å²) in [5.41, 5.74) is 1.22. The number of anilines is 1. The highest BCUT2D eigenvalue weighted by Gasteiger charge is 2.16. The molecule has 8 heteroatoms. The van der Waals surface area contributed by atoms with Crippen LogP contribution in [-0.4, -0.2) is 30.2 Å². The molecule has 31 heavy (non-hydrogen) atoms. The lowest BCUT2D eigenvalue weighted by Gasteiger charge is -2.16. The molecule has 2 rings (SSSR count). The van der Waals surface area contributed by atoms with Crippen LogP contribution in [0.1, 0.15) is 18.1 Å². The highest BCUT2D eigenvalue weighted by atomic mass is 19.1. The lowest BCUT2D eigenvalue weighted by atomic mass is 10.0. The number of allylic oxidation sites excluding steroid dienone is 1. The zero-order valence-electron chi connectivity index (χ0n) is 16.9. The second-order valence-electron chi connectivity index (χ2n) is 6.25. The van der Waals surface area contributed by atoms with Crippen molar-refractivity contribution in [2.24, 2.45) is 0 Å². The Balaban J connectivity index is 2.41. The van der Waals surface area contributed by atoms with Crippen molar-refractivity contribution in [1.82, 2.24) is 0 Å². The number of halogens is 1. The fraction of sp³-hybridized carbons (Fsp3) is 0.174. The van der Waals surface area contributed by atoms with E-state index in [1.54, 1.807) is 25.1 Å². The fourth-order valence-corrected chi connectivity index (χ4v) is 2.68. The Bertz CT molecular complexity index is 1040. The molecular formula is C23H21FN2O5.